The van der Waals surface area contributed by atoms with Gasteiger partial charge in [0.2, 0.25) is 0 Å². The van der Waals surface area contributed by atoms with Gasteiger partial charge in [0.25, 0.3) is 0 Å². The predicted octanol–water partition coefficient (Wildman–Crippen LogP) is 5.62. The highest BCUT2D eigenvalue weighted by atomic mass is 16.5. The van der Waals surface area contributed by atoms with Crippen LogP contribution < -0.4 is 10.1 Å². The summed E-state index contributed by atoms with van der Waals surface area (Å²) in [5, 5.41) is 3.17. The third-order valence-corrected chi connectivity index (χ3v) is 6.39. The lowest BCUT2D eigenvalue weighted by molar-refractivity contribution is 0.187. The van der Waals surface area contributed by atoms with Crippen molar-refractivity contribution in [3.8, 4) is 17.0 Å². The van der Waals surface area contributed by atoms with Gasteiger partial charge < -0.3 is 19.4 Å². The number of benzene rings is 2. The lowest BCUT2D eigenvalue weighted by Crippen LogP contribution is -2.41. The van der Waals surface area contributed by atoms with E-state index in [2.05, 4.69) is 15.8 Å². The quantitative estimate of drug-likeness (QED) is 0.438. The summed E-state index contributed by atoms with van der Waals surface area (Å²) in [6.07, 6.45) is 3.85. The largest absolute Gasteiger partial charge is 0.496 e. The van der Waals surface area contributed by atoms with Crippen LogP contribution >= 0.6 is 0 Å². The monoisotopic (exact) mass is 440 g/mol. The number of amides is 2. The van der Waals surface area contributed by atoms with Crippen molar-refractivity contribution in [1.29, 1.82) is 0 Å². The summed E-state index contributed by atoms with van der Waals surface area (Å²) in [5.74, 6) is 1.66. The SMILES string of the molecule is COc1ccccc1-c1nc(C2CCCN2C(=O)N[C@@H](C)c2ccccc2)n2ccccc12. The molecule has 3 heterocycles. The van der Waals surface area contributed by atoms with Crippen LogP contribution in [-0.2, 0) is 0 Å². The van der Waals surface area contributed by atoms with Crippen LogP contribution in [0.25, 0.3) is 16.8 Å². The van der Waals surface area contributed by atoms with Crippen molar-refractivity contribution >= 4 is 11.5 Å². The maximum atomic E-state index is 13.3. The molecule has 4 aromatic rings. The molecule has 2 aromatic carbocycles. The number of nitrogens with zero attached hydrogens (tertiary/aromatic N) is 3. The number of imidazole rings is 1. The number of pyridine rings is 1. The van der Waals surface area contributed by atoms with E-state index >= 15 is 0 Å². The molecule has 1 unspecified atom stereocenters. The number of para-hydroxylation sites is 1. The molecule has 1 N–H and O–H groups in total. The second-order valence-electron chi connectivity index (χ2n) is 8.41. The van der Waals surface area contributed by atoms with Crippen molar-refractivity contribution in [1.82, 2.24) is 19.6 Å². The van der Waals surface area contributed by atoms with E-state index in [-0.39, 0.29) is 18.1 Å². The normalized spacial score (nSPS) is 16.7. The van der Waals surface area contributed by atoms with Gasteiger partial charge in [-0.2, -0.15) is 0 Å². The molecule has 2 atom stereocenters. The van der Waals surface area contributed by atoms with Gasteiger partial charge in [-0.05, 0) is 49.6 Å². The molecule has 1 aliphatic rings. The Hall–Kier alpha value is -3.80. The molecule has 1 fully saturated rings. The van der Waals surface area contributed by atoms with Crippen LogP contribution in [0.1, 0.15) is 43.2 Å². The first-order valence-corrected chi connectivity index (χ1v) is 11.4. The van der Waals surface area contributed by atoms with Crippen molar-refractivity contribution in [3.63, 3.8) is 0 Å². The van der Waals surface area contributed by atoms with Crippen molar-refractivity contribution in [2.75, 3.05) is 13.7 Å². The minimum atomic E-state index is -0.0914. The fourth-order valence-electron chi connectivity index (χ4n) is 4.71. The fraction of sp³-hybridized carbons (Fsp3) is 0.259. The first kappa shape index (κ1) is 21.1. The van der Waals surface area contributed by atoms with Gasteiger partial charge in [-0.3, -0.25) is 0 Å². The van der Waals surface area contributed by atoms with Crippen LogP contribution in [0, 0.1) is 0 Å². The lowest BCUT2D eigenvalue weighted by Gasteiger charge is -2.26. The Morgan fingerprint density at radius 3 is 2.64 bits per heavy atom. The summed E-state index contributed by atoms with van der Waals surface area (Å²) < 4.78 is 7.71. The summed E-state index contributed by atoms with van der Waals surface area (Å²) in [4.78, 5) is 20.3. The van der Waals surface area contributed by atoms with Crippen LogP contribution in [0.5, 0.6) is 5.75 Å². The summed E-state index contributed by atoms with van der Waals surface area (Å²) in [6, 6.07) is 23.8. The number of urea groups is 1. The molecule has 168 valence electrons. The van der Waals surface area contributed by atoms with Gasteiger partial charge in [0.05, 0.1) is 24.7 Å². The summed E-state index contributed by atoms with van der Waals surface area (Å²) >= 11 is 0. The number of hydrogen-bond acceptors (Lipinski definition) is 3. The Kier molecular flexibility index (Phi) is 5.73. The number of aromatic nitrogens is 2. The van der Waals surface area contributed by atoms with Gasteiger partial charge in [-0.15, -0.1) is 0 Å². The Balaban J connectivity index is 1.49. The van der Waals surface area contributed by atoms with E-state index in [0.29, 0.717) is 6.54 Å². The minimum absolute atomic E-state index is 0.0552. The molecule has 6 nitrogen and oxygen atoms in total. The second kappa shape index (κ2) is 8.98. The number of nitrogens with one attached hydrogen (secondary N) is 1. The number of methoxy groups -OCH3 is 1. The third kappa shape index (κ3) is 3.93. The number of fused-ring (bicyclic) bond motifs is 1. The summed E-state index contributed by atoms with van der Waals surface area (Å²) in [6.45, 7) is 2.73. The molecule has 6 heteroatoms. The fourth-order valence-corrected chi connectivity index (χ4v) is 4.71. The van der Waals surface area contributed by atoms with E-state index in [1.165, 1.54) is 0 Å². The predicted molar refractivity (Wildman–Crippen MR) is 129 cm³/mol. The van der Waals surface area contributed by atoms with E-state index in [0.717, 1.165) is 46.8 Å². The van der Waals surface area contributed by atoms with Crippen molar-refractivity contribution in [3.05, 3.63) is 90.4 Å². The number of likely N-dealkylation sites (tertiary alicyclic amines) is 1. The van der Waals surface area contributed by atoms with Crippen LogP contribution in [-0.4, -0.2) is 34.0 Å². The van der Waals surface area contributed by atoms with Gasteiger partial charge in [0, 0.05) is 18.3 Å². The molecular weight excluding hydrogens is 412 g/mol. The van der Waals surface area contributed by atoms with Gasteiger partial charge >= 0.3 is 6.03 Å². The average molecular weight is 441 g/mol. The average Bonchev–Trinajstić information content (AvgIpc) is 3.49. The molecule has 2 aromatic heterocycles. The van der Waals surface area contributed by atoms with E-state index in [4.69, 9.17) is 9.72 Å². The van der Waals surface area contributed by atoms with Gasteiger partial charge in [-0.25, -0.2) is 9.78 Å². The van der Waals surface area contributed by atoms with Gasteiger partial charge in [0.1, 0.15) is 17.3 Å². The number of rotatable bonds is 5. The zero-order valence-electron chi connectivity index (χ0n) is 18.9. The maximum absolute atomic E-state index is 13.3. The van der Waals surface area contributed by atoms with E-state index in [1.54, 1.807) is 7.11 Å². The molecule has 0 saturated carbocycles. The molecule has 0 bridgehead atoms. The molecule has 1 saturated heterocycles. The zero-order valence-corrected chi connectivity index (χ0v) is 18.9. The van der Waals surface area contributed by atoms with E-state index in [1.807, 2.05) is 84.8 Å². The van der Waals surface area contributed by atoms with Crippen molar-refractivity contribution in [2.45, 2.75) is 31.8 Å². The molecule has 5 rings (SSSR count). The van der Waals surface area contributed by atoms with Crippen molar-refractivity contribution in [2.24, 2.45) is 0 Å². The smallest absolute Gasteiger partial charge is 0.318 e. The van der Waals surface area contributed by atoms with E-state index in [9.17, 15) is 4.79 Å². The minimum Gasteiger partial charge on any atom is -0.496 e. The Bertz CT molecular complexity index is 1270. The number of ether oxygens (including phenoxy) is 1. The van der Waals surface area contributed by atoms with Crippen LogP contribution in [0.15, 0.2) is 79.0 Å². The van der Waals surface area contributed by atoms with Crippen molar-refractivity contribution < 1.29 is 9.53 Å². The van der Waals surface area contributed by atoms with Crippen LogP contribution in [0.2, 0.25) is 0 Å². The number of hydrogen-bond donors (Lipinski definition) is 1. The van der Waals surface area contributed by atoms with Crippen LogP contribution in [0.4, 0.5) is 4.79 Å². The summed E-state index contributed by atoms with van der Waals surface area (Å²) in [5.41, 5.74) is 3.91. The maximum Gasteiger partial charge on any atom is 0.318 e. The third-order valence-electron chi connectivity index (χ3n) is 6.39. The van der Waals surface area contributed by atoms with Gasteiger partial charge in [0.15, 0.2) is 0 Å². The highest BCUT2D eigenvalue weighted by Gasteiger charge is 2.34. The Morgan fingerprint density at radius 2 is 1.82 bits per heavy atom. The Morgan fingerprint density at radius 1 is 1.06 bits per heavy atom. The number of carbonyl (C=O) groups excluding carboxylic acids is 1. The topological polar surface area (TPSA) is 58.9 Å². The first-order valence-electron chi connectivity index (χ1n) is 11.4. The van der Waals surface area contributed by atoms with Crippen LogP contribution in [0.3, 0.4) is 0 Å². The highest BCUT2D eigenvalue weighted by Crippen LogP contribution is 2.37. The lowest BCUT2D eigenvalue weighted by atomic mass is 10.1. The standard InChI is InChI=1S/C27H28N4O2/c1-19(20-11-4-3-5-12-20)28-27(32)31-18-10-15-23(31)26-29-25(22-14-8-9-17-30(22)26)21-13-6-7-16-24(21)33-2/h3-9,11-14,16-17,19,23H,10,15,18H2,1-2H3,(H,28,32)/t19-,23?/m0/s1. The highest BCUT2D eigenvalue weighted by molar-refractivity contribution is 5.82. The molecule has 0 spiro atoms. The summed E-state index contributed by atoms with van der Waals surface area (Å²) in [7, 11) is 1.68. The van der Waals surface area contributed by atoms with Gasteiger partial charge in [-0.1, -0.05) is 48.5 Å². The molecule has 33 heavy (non-hydrogen) atoms. The zero-order chi connectivity index (χ0) is 22.8. The molecule has 0 aliphatic carbocycles. The second-order valence-corrected chi connectivity index (χ2v) is 8.41. The molecule has 1 aliphatic heterocycles. The molecule has 2 amide bonds. The first-order chi connectivity index (χ1) is 16.2. The molecule has 0 radical (unpaired) electrons. The number of carbonyl (C=O) groups is 1. The van der Waals surface area contributed by atoms with E-state index < -0.39 is 0 Å². The molecular formula is C27H28N4O2. The Labute approximate surface area is 193 Å².